The number of allylic oxidation sites excluding steroid dienone is 1. The fourth-order valence-electron chi connectivity index (χ4n) is 7.68. The van der Waals surface area contributed by atoms with Crippen molar-refractivity contribution in [1.82, 2.24) is 15.1 Å². The Hall–Kier alpha value is -2.96. The van der Waals surface area contributed by atoms with Gasteiger partial charge in [0.1, 0.15) is 5.82 Å². The maximum atomic E-state index is 14.0. The molecule has 4 unspecified atom stereocenters. The summed E-state index contributed by atoms with van der Waals surface area (Å²) in [5, 5.41) is 8.35. The van der Waals surface area contributed by atoms with Gasteiger partial charge in [0.2, 0.25) is 0 Å². The zero-order valence-corrected chi connectivity index (χ0v) is 22.9. The number of rotatable bonds is 7. The number of hydrogen-bond acceptors (Lipinski definition) is 4. The third kappa shape index (κ3) is 5.17. The predicted molar refractivity (Wildman–Crippen MR) is 147 cm³/mol. The van der Waals surface area contributed by atoms with Gasteiger partial charge in [-0.1, -0.05) is 50.0 Å². The van der Waals surface area contributed by atoms with Gasteiger partial charge in [0.05, 0.1) is 18.6 Å². The highest BCUT2D eigenvalue weighted by Gasteiger charge is 2.50. The van der Waals surface area contributed by atoms with Gasteiger partial charge in [0, 0.05) is 23.2 Å². The van der Waals surface area contributed by atoms with Crippen LogP contribution in [-0.2, 0) is 22.4 Å². The molecule has 1 aromatic carbocycles. The van der Waals surface area contributed by atoms with Crippen molar-refractivity contribution in [2.75, 3.05) is 6.61 Å². The molecule has 4 aliphatic rings. The Kier molecular flexibility index (Phi) is 7.59. The standard InChI is InChI=1S/C32H40FN3O3/c1-2-39-32(38)27-21-14-15-22(19-21)28(27)34-31(37)29-26-11-7-6-8-23(18-20-12-16-24(33)17-13-20)30(26)36(35-29)25-9-4-3-5-10-25/h12-17,21-23,25,27-28H,2-11,18-19H2,1H3,(H,34,37)/t21?,22?,23?,27?,28-/m1/s1. The third-order valence-electron chi connectivity index (χ3n) is 9.51. The Labute approximate surface area is 230 Å². The predicted octanol–water partition coefficient (Wildman–Crippen LogP) is 6.06. The van der Waals surface area contributed by atoms with Crippen LogP contribution in [0.25, 0.3) is 0 Å². The first kappa shape index (κ1) is 26.3. The summed E-state index contributed by atoms with van der Waals surface area (Å²) in [6.45, 7) is 2.16. The minimum atomic E-state index is -0.339. The Morgan fingerprint density at radius 3 is 2.54 bits per heavy atom. The second kappa shape index (κ2) is 11.3. The van der Waals surface area contributed by atoms with E-state index in [0.29, 0.717) is 18.3 Å². The molecule has 7 heteroatoms. The molecule has 1 amide bonds. The number of nitrogens with one attached hydrogen (secondary N) is 1. The molecule has 0 aliphatic heterocycles. The number of aromatic nitrogens is 2. The van der Waals surface area contributed by atoms with Crippen LogP contribution in [0.15, 0.2) is 36.4 Å². The number of esters is 1. The summed E-state index contributed by atoms with van der Waals surface area (Å²) in [6.07, 6.45) is 15.7. The van der Waals surface area contributed by atoms with E-state index in [4.69, 9.17) is 9.84 Å². The van der Waals surface area contributed by atoms with Crippen molar-refractivity contribution in [3.63, 3.8) is 0 Å². The summed E-state index contributed by atoms with van der Waals surface area (Å²) in [5.74, 6) is -0.428. The van der Waals surface area contributed by atoms with E-state index in [-0.39, 0.29) is 47.4 Å². The molecule has 0 spiro atoms. The van der Waals surface area contributed by atoms with Crippen molar-refractivity contribution < 1.29 is 18.7 Å². The van der Waals surface area contributed by atoms with Crippen LogP contribution in [0.1, 0.15) is 104 Å². The van der Waals surface area contributed by atoms with Gasteiger partial charge in [-0.15, -0.1) is 0 Å². The molecular formula is C32H40FN3O3. The average Bonchev–Trinajstić information content (AvgIpc) is 3.62. The number of ether oxygens (including phenoxy) is 1. The topological polar surface area (TPSA) is 73.2 Å². The summed E-state index contributed by atoms with van der Waals surface area (Å²) in [5.41, 5.74) is 3.94. The van der Waals surface area contributed by atoms with Crippen LogP contribution in [0.3, 0.4) is 0 Å². The lowest BCUT2D eigenvalue weighted by Gasteiger charge is -2.27. The molecule has 2 saturated carbocycles. The summed E-state index contributed by atoms with van der Waals surface area (Å²) in [6, 6.07) is 6.88. The first-order valence-electron chi connectivity index (χ1n) is 15.0. The lowest BCUT2D eigenvalue weighted by Crippen LogP contribution is -2.46. The van der Waals surface area contributed by atoms with E-state index in [2.05, 4.69) is 22.2 Å². The quantitative estimate of drug-likeness (QED) is 0.267. The maximum absolute atomic E-state index is 14.0. The van der Waals surface area contributed by atoms with Gasteiger partial charge in [0.25, 0.3) is 5.91 Å². The minimum Gasteiger partial charge on any atom is -0.466 e. The molecule has 5 atom stereocenters. The average molecular weight is 534 g/mol. The lowest BCUT2D eigenvalue weighted by molar-refractivity contribution is -0.149. The number of hydrogen-bond donors (Lipinski definition) is 1. The molecule has 1 heterocycles. The van der Waals surface area contributed by atoms with E-state index >= 15 is 0 Å². The molecule has 2 aromatic rings. The first-order chi connectivity index (χ1) is 19.0. The number of benzene rings is 1. The van der Waals surface area contributed by atoms with Gasteiger partial charge in [-0.25, -0.2) is 4.39 Å². The molecular weight excluding hydrogens is 493 g/mol. The van der Waals surface area contributed by atoms with Crippen LogP contribution in [0.5, 0.6) is 0 Å². The Morgan fingerprint density at radius 1 is 1.03 bits per heavy atom. The largest absolute Gasteiger partial charge is 0.466 e. The highest BCUT2D eigenvalue weighted by Crippen LogP contribution is 2.45. The number of nitrogens with zero attached hydrogens (tertiary/aromatic N) is 2. The molecule has 208 valence electrons. The SMILES string of the molecule is CCOC(=O)C1C2C=CC(C2)[C@H]1NC(=O)c1nn(C2CCCCC2)c2c1CCCCC2Cc1ccc(F)cc1. The maximum Gasteiger partial charge on any atom is 0.311 e. The number of carbonyl (C=O) groups is 2. The number of halogens is 1. The van der Waals surface area contributed by atoms with E-state index in [9.17, 15) is 14.0 Å². The van der Waals surface area contributed by atoms with Crippen molar-refractivity contribution in [3.05, 3.63) is 64.7 Å². The van der Waals surface area contributed by atoms with Crippen LogP contribution < -0.4 is 5.32 Å². The first-order valence-corrected chi connectivity index (χ1v) is 15.0. The van der Waals surface area contributed by atoms with E-state index in [1.807, 2.05) is 19.1 Å². The lowest BCUT2D eigenvalue weighted by atomic mass is 9.88. The van der Waals surface area contributed by atoms with Crippen LogP contribution in [0.4, 0.5) is 4.39 Å². The summed E-state index contributed by atoms with van der Waals surface area (Å²) >= 11 is 0. The second-order valence-corrected chi connectivity index (χ2v) is 11.9. The highest BCUT2D eigenvalue weighted by molar-refractivity contribution is 5.95. The van der Waals surface area contributed by atoms with E-state index in [1.54, 1.807) is 0 Å². The number of carbonyl (C=O) groups excluding carboxylic acids is 2. The van der Waals surface area contributed by atoms with Gasteiger partial charge in [-0.2, -0.15) is 5.10 Å². The molecule has 0 saturated heterocycles. The molecule has 39 heavy (non-hydrogen) atoms. The van der Waals surface area contributed by atoms with E-state index in [0.717, 1.165) is 62.5 Å². The highest BCUT2D eigenvalue weighted by atomic mass is 19.1. The minimum absolute atomic E-state index is 0.122. The summed E-state index contributed by atoms with van der Waals surface area (Å²) < 4.78 is 21.2. The van der Waals surface area contributed by atoms with Gasteiger partial charge in [-0.3, -0.25) is 14.3 Å². The molecule has 6 rings (SSSR count). The zero-order chi connectivity index (χ0) is 26.9. The summed E-state index contributed by atoms with van der Waals surface area (Å²) in [7, 11) is 0. The molecule has 0 radical (unpaired) electrons. The Morgan fingerprint density at radius 2 is 1.77 bits per heavy atom. The fraction of sp³-hybridized carbons (Fsp3) is 0.594. The van der Waals surface area contributed by atoms with Crippen molar-refractivity contribution in [1.29, 1.82) is 0 Å². The van der Waals surface area contributed by atoms with Crippen molar-refractivity contribution in [2.45, 2.75) is 95.6 Å². The van der Waals surface area contributed by atoms with Crippen LogP contribution >= 0.6 is 0 Å². The van der Waals surface area contributed by atoms with Gasteiger partial charge >= 0.3 is 5.97 Å². The molecule has 1 aromatic heterocycles. The van der Waals surface area contributed by atoms with Crippen LogP contribution in [0, 0.1) is 23.6 Å². The third-order valence-corrected chi connectivity index (χ3v) is 9.51. The zero-order valence-electron chi connectivity index (χ0n) is 22.9. The summed E-state index contributed by atoms with van der Waals surface area (Å²) in [4.78, 5) is 26.8. The second-order valence-electron chi connectivity index (χ2n) is 11.9. The molecule has 6 nitrogen and oxygen atoms in total. The monoisotopic (exact) mass is 533 g/mol. The van der Waals surface area contributed by atoms with Gasteiger partial charge in [0.15, 0.2) is 5.69 Å². The molecule has 2 fully saturated rings. The Balaban J connectivity index is 1.34. The fourth-order valence-corrected chi connectivity index (χ4v) is 7.68. The molecule has 2 bridgehead atoms. The van der Waals surface area contributed by atoms with Crippen LogP contribution in [-0.4, -0.2) is 34.3 Å². The van der Waals surface area contributed by atoms with Crippen molar-refractivity contribution >= 4 is 11.9 Å². The van der Waals surface area contributed by atoms with Crippen molar-refractivity contribution in [2.24, 2.45) is 17.8 Å². The smallest absolute Gasteiger partial charge is 0.311 e. The Bertz CT molecular complexity index is 1230. The van der Waals surface area contributed by atoms with Crippen LogP contribution in [0.2, 0.25) is 0 Å². The molecule has 4 aliphatic carbocycles. The van der Waals surface area contributed by atoms with Gasteiger partial charge < -0.3 is 10.1 Å². The molecule has 1 N–H and O–H groups in total. The normalized spacial score (nSPS) is 28.2. The number of fused-ring (bicyclic) bond motifs is 3. The number of amides is 1. The van der Waals surface area contributed by atoms with Gasteiger partial charge in [-0.05, 0) is 81.4 Å². The van der Waals surface area contributed by atoms with E-state index in [1.165, 1.54) is 37.1 Å². The van der Waals surface area contributed by atoms with Crippen molar-refractivity contribution in [3.8, 4) is 0 Å². The van der Waals surface area contributed by atoms with E-state index < -0.39 is 0 Å².